The van der Waals surface area contributed by atoms with Gasteiger partial charge in [0.1, 0.15) is 0 Å². The molecule has 322 valence electrons. The van der Waals surface area contributed by atoms with Crippen molar-refractivity contribution in [1.29, 1.82) is 0 Å². The van der Waals surface area contributed by atoms with Gasteiger partial charge >= 0.3 is 0 Å². The fourth-order valence-corrected chi connectivity index (χ4v) is 8.59. The van der Waals surface area contributed by atoms with Crippen LogP contribution >= 0.6 is 0 Å². The minimum atomic E-state index is 0.581. The zero-order valence-corrected chi connectivity index (χ0v) is 37.5. The summed E-state index contributed by atoms with van der Waals surface area (Å²) in [6.45, 7) is 4.10. The van der Waals surface area contributed by atoms with E-state index in [9.17, 15) is 0 Å². The van der Waals surface area contributed by atoms with Gasteiger partial charge in [0.15, 0.2) is 34.9 Å². The molecule has 3 heterocycles. The van der Waals surface area contributed by atoms with Gasteiger partial charge in [-0.1, -0.05) is 194 Å². The molecule has 0 aliphatic heterocycles. The van der Waals surface area contributed by atoms with Gasteiger partial charge < -0.3 is 0 Å². The third-order valence-electron chi connectivity index (χ3n) is 12.0. The van der Waals surface area contributed by atoms with E-state index in [2.05, 4.69) is 128 Å². The number of hydrogen-bond acceptors (Lipinski definition) is 7. The summed E-state index contributed by atoms with van der Waals surface area (Å²) in [7, 11) is 0. The highest BCUT2D eigenvalue weighted by Crippen LogP contribution is 2.39. The first kappa shape index (κ1) is 41.6. The first-order chi connectivity index (χ1) is 33.5. The summed E-state index contributed by atoms with van der Waals surface area (Å²) in [6.07, 6.45) is 0. The molecule has 0 fully saturated rings. The summed E-state index contributed by atoms with van der Waals surface area (Å²) in [5.41, 5.74) is 15.7. The predicted molar refractivity (Wildman–Crippen MR) is 275 cm³/mol. The van der Waals surface area contributed by atoms with Gasteiger partial charge in [-0.3, -0.25) is 4.98 Å². The van der Waals surface area contributed by atoms with E-state index in [0.29, 0.717) is 34.9 Å². The van der Waals surface area contributed by atoms with Crippen LogP contribution in [0.5, 0.6) is 0 Å². The lowest BCUT2D eigenvalue weighted by Crippen LogP contribution is -2.01. The molecule has 0 amide bonds. The Kier molecular flexibility index (Phi) is 11.3. The molecular formula is C61H43N7. The average molecular weight is 874 g/mol. The number of aromatic nitrogens is 7. The van der Waals surface area contributed by atoms with Crippen molar-refractivity contribution in [2.75, 3.05) is 0 Å². The van der Waals surface area contributed by atoms with Crippen molar-refractivity contribution >= 4 is 0 Å². The van der Waals surface area contributed by atoms with Crippen LogP contribution in [0.25, 0.3) is 113 Å². The minimum Gasteiger partial charge on any atom is -0.258 e. The van der Waals surface area contributed by atoms with Gasteiger partial charge in [-0.2, -0.15) is 0 Å². The van der Waals surface area contributed by atoms with Gasteiger partial charge in [-0.05, 0) is 83.1 Å². The van der Waals surface area contributed by atoms with E-state index in [1.807, 2.05) is 110 Å². The summed E-state index contributed by atoms with van der Waals surface area (Å²) in [5, 5.41) is 0. The number of hydrogen-bond donors (Lipinski definition) is 0. The molecule has 7 heteroatoms. The monoisotopic (exact) mass is 873 g/mol. The molecular weight excluding hydrogens is 831 g/mol. The number of pyridine rings is 1. The highest BCUT2D eigenvalue weighted by Gasteiger charge is 2.19. The van der Waals surface area contributed by atoms with Crippen LogP contribution in [0.2, 0.25) is 0 Å². The molecule has 11 rings (SSSR count). The maximum absolute atomic E-state index is 5.22. The molecule has 3 aromatic heterocycles. The zero-order chi connectivity index (χ0) is 45.8. The van der Waals surface area contributed by atoms with Crippen LogP contribution in [0.1, 0.15) is 11.4 Å². The normalized spacial score (nSPS) is 11.1. The lowest BCUT2D eigenvalue weighted by Gasteiger charge is -2.16. The van der Waals surface area contributed by atoms with E-state index in [-0.39, 0.29) is 0 Å². The molecule has 7 nitrogen and oxygen atoms in total. The van der Waals surface area contributed by atoms with Crippen LogP contribution in [-0.2, 0) is 0 Å². The number of nitrogens with zero attached hydrogens (tertiary/aromatic N) is 7. The van der Waals surface area contributed by atoms with Crippen molar-refractivity contribution < 1.29 is 0 Å². The predicted octanol–water partition coefficient (Wildman–Crippen LogP) is 14.7. The Hall–Kier alpha value is -9.07. The van der Waals surface area contributed by atoms with Crippen molar-refractivity contribution in [2.24, 2.45) is 0 Å². The van der Waals surface area contributed by atoms with E-state index in [1.54, 1.807) is 0 Å². The lowest BCUT2D eigenvalue weighted by molar-refractivity contribution is 1.07. The topological polar surface area (TPSA) is 90.2 Å². The van der Waals surface area contributed by atoms with E-state index < -0.39 is 0 Å². The van der Waals surface area contributed by atoms with Crippen molar-refractivity contribution in [2.45, 2.75) is 13.8 Å². The van der Waals surface area contributed by atoms with E-state index in [4.69, 9.17) is 34.9 Å². The third-order valence-corrected chi connectivity index (χ3v) is 12.0. The number of rotatable bonds is 10. The van der Waals surface area contributed by atoms with E-state index in [1.165, 1.54) is 0 Å². The maximum Gasteiger partial charge on any atom is 0.164 e. The smallest absolute Gasteiger partial charge is 0.164 e. The second-order valence-corrected chi connectivity index (χ2v) is 16.7. The molecule has 8 aromatic carbocycles. The Morgan fingerprint density at radius 3 is 1.09 bits per heavy atom. The SMILES string of the molecule is Cc1ccc(-c2cc(-c3cccc(-c4nc(-c5ccccc5)nc(-c5ccccc5)n4)c3)cc(-c3ccccc3-c3nc(-c4ccccc4)nc(-c4ccc(-c5ccccc5)cc4)n3)c2)c(C)n1. The first-order valence-electron chi connectivity index (χ1n) is 22.6. The molecule has 0 unspecified atom stereocenters. The largest absolute Gasteiger partial charge is 0.258 e. The Bertz CT molecular complexity index is 3500. The van der Waals surface area contributed by atoms with Gasteiger partial charge in [-0.15, -0.1) is 0 Å². The molecule has 0 aliphatic rings. The molecule has 0 atom stereocenters. The standard InChI is InChI=1S/C61H43N7/c1-40-30-35-53(41(2)62-40)51-37-50(48-26-17-27-49(36-48)60-65-56(44-20-9-4-10-21-44)63-57(66-60)45-22-11-5-12-23-45)38-52(39-51)54-28-15-16-29-55(54)61-67-58(46-24-13-6-14-25-46)64-59(68-61)47-33-31-43(32-34-47)42-18-7-3-8-19-42/h3-39H,1-2H3. The summed E-state index contributed by atoms with van der Waals surface area (Å²) in [4.78, 5) is 35.4. The third kappa shape index (κ3) is 8.72. The maximum atomic E-state index is 5.22. The molecule has 0 aliphatic carbocycles. The Morgan fingerprint density at radius 1 is 0.206 bits per heavy atom. The quantitative estimate of drug-likeness (QED) is 0.135. The van der Waals surface area contributed by atoms with Crippen LogP contribution in [0.4, 0.5) is 0 Å². The fraction of sp³-hybridized carbons (Fsp3) is 0.0328. The molecule has 0 radical (unpaired) electrons. The summed E-state index contributed by atoms with van der Waals surface area (Å²) >= 11 is 0. The van der Waals surface area contributed by atoms with Gasteiger partial charge in [0.25, 0.3) is 0 Å². The molecule has 11 aromatic rings. The second-order valence-electron chi connectivity index (χ2n) is 16.7. The number of benzene rings is 8. The van der Waals surface area contributed by atoms with Crippen LogP contribution in [0, 0.1) is 13.8 Å². The average Bonchev–Trinajstić information content (AvgIpc) is 3.41. The summed E-state index contributed by atoms with van der Waals surface area (Å²) < 4.78 is 0. The zero-order valence-electron chi connectivity index (χ0n) is 37.5. The van der Waals surface area contributed by atoms with Gasteiger partial charge in [0.2, 0.25) is 0 Å². The first-order valence-corrected chi connectivity index (χ1v) is 22.6. The van der Waals surface area contributed by atoms with Gasteiger partial charge in [0.05, 0.1) is 0 Å². The van der Waals surface area contributed by atoms with Crippen molar-refractivity contribution in [3.63, 3.8) is 0 Å². The Morgan fingerprint density at radius 2 is 0.559 bits per heavy atom. The van der Waals surface area contributed by atoms with E-state index >= 15 is 0 Å². The van der Waals surface area contributed by atoms with Crippen LogP contribution < -0.4 is 0 Å². The van der Waals surface area contributed by atoms with Crippen LogP contribution in [0.15, 0.2) is 224 Å². The highest BCUT2D eigenvalue weighted by molar-refractivity contribution is 5.88. The Labute approximate surface area is 395 Å². The van der Waals surface area contributed by atoms with Gasteiger partial charge in [0, 0.05) is 50.3 Å². The lowest BCUT2D eigenvalue weighted by atomic mass is 9.90. The van der Waals surface area contributed by atoms with Crippen molar-refractivity contribution in [1.82, 2.24) is 34.9 Å². The van der Waals surface area contributed by atoms with Crippen molar-refractivity contribution in [3.8, 4) is 113 Å². The van der Waals surface area contributed by atoms with Crippen LogP contribution in [-0.4, -0.2) is 34.9 Å². The molecule has 0 N–H and O–H groups in total. The molecule has 0 spiro atoms. The highest BCUT2D eigenvalue weighted by atomic mass is 15.0. The van der Waals surface area contributed by atoms with Crippen LogP contribution in [0.3, 0.4) is 0 Å². The molecule has 68 heavy (non-hydrogen) atoms. The Balaban J connectivity index is 1.06. The van der Waals surface area contributed by atoms with Crippen molar-refractivity contribution in [3.05, 3.63) is 236 Å². The van der Waals surface area contributed by atoms with Gasteiger partial charge in [-0.25, -0.2) is 29.9 Å². The van der Waals surface area contributed by atoms with E-state index in [0.717, 1.165) is 89.3 Å². The minimum absolute atomic E-state index is 0.581. The molecule has 0 saturated heterocycles. The molecule has 0 bridgehead atoms. The summed E-state index contributed by atoms with van der Waals surface area (Å²) in [5.74, 6) is 3.60. The molecule has 0 saturated carbocycles. The fourth-order valence-electron chi connectivity index (χ4n) is 8.59. The summed E-state index contributed by atoms with van der Waals surface area (Å²) in [6, 6.07) is 76.8. The number of aryl methyl sites for hydroxylation is 2. The second kappa shape index (κ2) is 18.4.